The largest absolute Gasteiger partial charge is 0.383 e. The molecule has 2 fully saturated rings. The zero-order valence-electron chi connectivity index (χ0n) is 19.2. The van der Waals surface area contributed by atoms with E-state index in [-0.39, 0.29) is 34.5 Å². The summed E-state index contributed by atoms with van der Waals surface area (Å²) in [5.74, 6) is 0.195. The van der Waals surface area contributed by atoms with Crippen LogP contribution >= 0.6 is 11.6 Å². The third-order valence-corrected chi connectivity index (χ3v) is 8.79. The zero-order chi connectivity index (χ0) is 23.3. The number of carbonyl (C=O) groups is 1. The first-order chi connectivity index (χ1) is 15.2. The summed E-state index contributed by atoms with van der Waals surface area (Å²) in [6, 6.07) is 3.31. The molecule has 1 aliphatic carbocycles. The van der Waals surface area contributed by atoms with Gasteiger partial charge in [0.05, 0.1) is 6.61 Å². The number of piperazine rings is 1. The quantitative estimate of drug-likeness (QED) is 0.525. The van der Waals surface area contributed by atoms with Crippen molar-refractivity contribution in [1.29, 1.82) is 0 Å². The van der Waals surface area contributed by atoms with Gasteiger partial charge < -0.3 is 9.64 Å². The van der Waals surface area contributed by atoms with E-state index in [1.54, 1.807) is 7.11 Å². The molecule has 8 nitrogen and oxygen atoms in total. The Labute approximate surface area is 196 Å². The number of carbonyl (C=O) groups excluding carboxylic acids is 1. The van der Waals surface area contributed by atoms with Crippen LogP contribution in [-0.4, -0.2) is 91.9 Å². The summed E-state index contributed by atoms with van der Waals surface area (Å²) in [6.45, 7) is 8.31. The number of rotatable bonds is 8. The third-order valence-electron chi connectivity index (χ3n) is 6.63. The van der Waals surface area contributed by atoms with Crippen molar-refractivity contribution in [2.24, 2.45) is 5.92 Å². The smallest absolute Gasteiger partial charge is 0.244 e. The van der Waals surface area contributed by atoms with Crippen LogP contribution in [0.4, 0.5) is 0 Å². The molecule has 1 aromatic heterocycles. The van der Waals surface area contributed by atoms with Crippen molar-refractivity contribution >= 4 is 27.5 Å². The van der Waals surface area contributed by atoms with E-state index in [1.807, 2.05) is 4.90 Å². The van der Waals surface area contributed by atoms with Gasteiger partial charge in [0, 0.05) is 64.0 Å². The average molecular weight is 487 g/mol. The monoisotopic (exact) mass is 486 g/mol. The Balaban J connectivity index is 1.63. The number of hydrogen-bond donors (Lipinski definition) is 0. The van der Waals surface area contributed by atoms with Crippen molar-refractivity contribution in [2.75, 3.05) is 46.4 Å². The molecule has 180 valence electrons. The van der Waals surface area contributed by atoms with E-state index >= 15 is 0 Å². The fourth-order valence-electron chi connectivity index (χ4n) is 4.66. The van der Waals surface area contributed by atoms with E-state index in [0.29, 0.717) is 38.3 Å². The number of halogens is 1. The van der Waals surface area contributed by atoms with Gasteiger partial charge in [0.2, 0.25) is 15.9 Å². The summed E-state index contributed by atoms with van der Waals surface area (Å²) in [7, 11) is -2.17. The number of aromatic nitrogens is 1. The minimum atomic E-state index is -3.73. The van der Waals surface area contributed by atoms with E-state index in [9.17, 15) is 13.2 Å². The van der Waals surface area contributed by atoms with Crippen molar-refractivity contribution in [1.82, 2.24) is 19.1 Å². The highest BCUT2D eigenvalue weighted by atomic mass is 35.5. The highest BCUT2D eigenvalue weighted by molar-refractivity contribution is 7.89. The van der Waals surface area contributed by atoms with Crippen LogP contribution in [0.1, 0.15) is 39.5 Å². The molecule has 1 saturated heterocycles. The maximum atomic E-state index is 13.3. The standard InChI is InChI=1S/C22H35ClN4O4S/c1-17(2)25-10-12-26(13-11-25)22(28)18-4-6-19(7-5-18)27(14-15-31-3)32(29,30)20-8-9-21(23)24-16-20/h8-9,16-19H,4-7,10-15H2,1-3H3/t18-,19-. The number of hydrogen-bond acceptors (Lipinski definition) is 6. The van der Waals surface area contributed by atoms with Gasteiger partial charge in [-0.15, -0.1) is 0 Å². The molecule has 32 heavy (non-hydrogen) atoms. The van der Waals surface area contributed by atoms with Gasteiger partial charge in [-0.05, 0) is 51.7 Å². The molecule has 0 radical (unpaired) electrons. The topological polar surface area (TPSA) is 83.0 Å². The Morgan fingerprint density at radius 1 is 1.19 bits per heavy atom. The molecule has 0 bridgehead atoms. The molecule has 1 aromatic rings. The van der Waals surface area contributed by atoms with Crippen LogP contribution in [0.25, 0.3) is 0 Å². The number of sulfonamides is 1. The van der Waals surface area contributed by atoms with Crippen LogP contribution in [-0.2, 0) is 19.6 Å². The van der Waals surface area contributed by atoms with Crippen LogP contribution in [0.15, 0.2) is 23.2 Å². The lowest BCUT2D eigenvalue weighted by atomic mass is 9.85. The predicted molar refractivity (Wildman–Crippen MR) is 124 cm³/mol. The first-order valence-electron chi connectivity index (χ1n) is 11.4. The first-order valence-corrected chi connectivity index (χ1v) is 13.2. The van der Waals surface area contributed by atoms with Crippen LogP contribution < -0.4 is 0 Å². The van der Waals surface area contributed by atoms with Gasteiger partial charge in [0.15, 0.2) is 0 Å². The van der Waals surface area contributed by atoms with Gasteiger partial charge >= 0.3 is 0 Å². The molecule has 0 spiro atoms. The molecule has 1 aliphatic heterocycles. The molecular formula is C22H35ClN4O4S. The lowest BCUT2D eigenvalue weighted by molar-refractivity contribution is -0.138. The summed E-state index contributed by atoms with van der Waals surface area (Å²) in [5, 5.41) is 0.251. The summed E-state index contributed by atoms with van der Waals surface area (Å²) in [6.07, 6.45) is 4.01. The average Bonchev–Trinajstić information content (AvgIpc) is 2.79. The molecule has 0 aromatic carbocycles. The highest BCUT2D eigenvalue weighted by Gasteiger charge is 2.37. The lowest BCUT2D eigenvalue weighted by Gasteiger charge is -2.40. The Hall–Kier alpha value is -1.26. The van der Waals surface area contributed by atoms with Crippen molar-refractivity contribution in [3.05, 3.63) is 23.5 Å². The number of amides is 1. The van der Waals surface area contributed by atoms with Gasteiger partial charge in [-0.3, -0.25) is 9.69 Å². The van der Waals surface area contributed by atoms with Crippen LogP contribution in [0, 0.1) is 5.92 Å². The minimum absolute atomic E-state index is 0.0268. The fourth-order valence-corrected chi connectivity index (χ4v) is 6.38. The van der Waals surface area contributed by atoms with Crippen molar-refractivity contribution in [3.8, 4) is 0 Å². The van der Waals surface area contributed by atoms with Crippen LogP contribution in [0.3, 0.4) is 0 Å². The second-order valence-electron chi connectivity index (χ2n) is 8.89. The Morgan fingerprint density at radius 3 is 2.38 bits per heavy atom. The number of methoxy groups -OCH3 is 1. The molecule has 0 unspecified atom stereocenters. The maximum Gasteiger partial charge on any atom is 0.244 e. The van der Waals surface area contributed by atoms with Gasteiger partial charge in [-0.2, -0.15) is 4.31 Å². The molecule has 1 amide bonds. The Bertz CT molecular complexity index is 849. The van der Waals surface area contributed by atoms with Gasteiger partial charge in [0.1, 0.15) is 10.0 Å². The normalized spacial score (nSPS) is 23.1. The number of pyridine rings is 1. The SMILES string of the molecule is COCCN([C@H]1CC[C@H](C(=O)N2CCN(C(C)C)CC2)CC1)S(=O)(=O)c1ccc(Cl)nc1. The predicted octanol–water partition coefficient (Wildman–Crippen LogP) is 2.48. The zero-order valence-corrected chi connectivity index (χ0v) is 20.8. The van der Waals surface area contributed by atoms with Crippen molar-refractivity contribution < 1.29 is 17.9 Å². The van der Waals surface area contributed by atoms with Crippen LogP contribution in [0.2, 0.25) is 5.15 Å². The van der Waals surface area contributed by atoms with Gasteiger partial charge in [-0.25, -0.2) is 13.4 Å². The van der Waals surface area contributed by atoms with E-state index in [1.165, 1.54) is 22.6 Å². The molecule has 2 aliphatic rings. The first kappa shape index (κ1) is 25.4. The molecule has 10 heteroatoms. The summed E-state index contributed by atoms with van der Waals surface area (Å²) in [4.78, 5) is 21.5. The fraction of sp³-hybridized carbons (Fsp3) is 0.727. The third kappa shape index (κ3) is 5.99. The second kappa shape index (κ2) is 11.2. The minimum Gasteiger partial charge on any atom is -0.383 e. The highest BCUT2D eigenvalue weighted by Crippen LogP contribution is 2.32. The van der Waals surface area contributed by atoms with E-state index in [4.69, 9.17) is 16.3 Å². The molecule has 0 N–H and O–H groups in total. The molecule has 2 heterocycles. The summed E-state index contributed by atoms with van der Waals surface area (Å²) in [5.41, 5.74) is 0. The maximum absolute atomic E-state index is 13.3. The molecular weight excluding hydrogens is 452 g/mol. The molecule has 0 atom stereocenters. The van der Waals surface area contributed by atoms with Gasteiger partial charge in [0.25, 0.3) is 0 Å². The second-order valence-corrected chi connectivity index (χ2v) is 11.2. The summed E-state index contributed by atoms with van der Waals surface area (Å²) < 4.78 is 33.3. The van der Waals surface area contributed by atoms with E-state index in [2.05, 4.69) is 23.7 Å². The molecule has 3 rings (SSSR count). The number of ether oxygens (including phenoxy) is 1. The lowest BCUT2D eigenvalue weighted by Crippen LogP contribution is -2.52. The molecule has 1 saturated carbocycles. The van der Waals surface area contributed by atoms with Gasteiger partial charge in [-0.1, -0.05) is 11.6 Å². The Morgan fingerprint density at radius 2 is 1.84 bits per heavy atom. The van der Waals surface area contributed by atoms with E-state index in [0.717, 1.165) is 26.2 Å². The van der Waals surface area contributed by atoms with Crippen molar-refractivity contribution in [3.63, 3.8) is 0 Å². The van der Waals surface area contributed by atoms with Crippen LogP contribution in [0.5, 0.6) is 0 Å². The summed E-state index contributed by atoms with van der Waals surface area (Å²) >= 11 is 5.83. The Kier molecular flexibility index (Phi) is 8.91. The van der Waals surface area contributed by atoms with E-state index < -0.39 is 10.0 Å². The van der Waals surface area contributed by atoms with Crippen molar-refractivity contribution in [2.45, 2.75) is 56.5 Å². The number of nitrogens with zero attached hydrogens (tertiary/aromatic N) is 4.